The Hall–Kier alpha value is -1.97. The highest BCUT2D eigenvalue weighted by molar-refractivity contribution is 7.37. The van der Waals surface area contributed by atoms with Crippen LogP contribution in [0.25, 0.3) is 0 Å². The lowest BCUT2D eigenvalue weighted by Crippen LogP contribution is -2.33. The maximum atomic E-state index is 4.83. The molecule has 3 rings (SSSR count). The van der Waals surface area contributed by atoms with Crippen molar-refractivity contribution in [1.82, 2.24) is 14.9 Å². The van der Waals surface area contributed by atoms with E-state index in [1.165, 1.54) is 11.1 Å². The van der Waals surface area contributed by atoms with E-state index in [1.54, 1.807) is 6.33 Å². The van der Waals surface area contributed by atoms with Crippen LogP contribution in [0.15, 0.2) is 48.8 Å². The molecule has 0 aliphatic carbocycles. The van der Waals surface area contributed by atoms with Crippen molar-refractivity contribution in [3.8, 4) is 0 Å². The lowest BCUT2D eigenvalue weighted by Gasteiger charge is -2.36. The lowest BCUT2D eigenvalue weighted by molar-refractivity contribution is 0.179. The van der Waals surface area contributed by atoms with Gasteiger partial charge in [0.05, 0.1) is 5.56 Å². The molecular weight excluding hydrogens is 389 g/mol. The third-order valence-electron chi connectivity index (χ3n) is 5.60. The van der Waals surface area contributed by atoms with Gasteiger partial charge in [-0.25, -0.2) is 9.97 Å². The summed E-state index contributed by atoms with van der Waals surface area (Å²) in [6.45, 7) is 7.53. The van der Waals surface area contributed by atoms with Gasteiger partial charge in [-0.3, -0.25) is 4.90 Å². The Bertz CT molecular complexity index is 795. The summed E-state index contributed by atoms with van der Waals surface area (Å²) in [6.07, 6.45) is 11.8. The van der Waals surface area contributed by atoms with Crippen LogP contribution >= 0.6 is 8.58 Å². The normalized spacial score (nSPS) is 18.5. The highest BCUT2D eigenvalue weighted by Crippen LogP contribution is 2.38. The molecule has 1 aromatic carbocycles. The van der Waals surface area contributed by atoms with Gasteiger partial charge in [0.15, 0.2) is 0 Å². The summed E-state index contributed by atoms with van der Waals surface area (Å²) in [7, 11) is 2.84. The Morgan fingerprint density at radius 2 is 1.97 bits per heavy atom. The topological polar surface area (TPSA) is 44.3 Å². The van der Waals surface area contributed by atoms with Crippen LogP contribution in [0.4, 0.5) is 11.6 Å². The lowest BCUT2D eigenvalue weighted by atomic mass is 9.98. The number of allylic oxidation sites excluding steroid dienone is 1. The van der Waals surface area contributed by atoms with Gasteiger partial charge in [-0.1, -0.05) is 49.4 Å². The summed E-state index contributed by atoms with van der Waals surface area (Å²) < 4.78 is 0. The molecule has 0 amide bonds. The first-order chi connectivity index (χ1) is 14.8. The predicted octanol–water partition coefficient (Wildman–Crippen LogP) is 5.28. The van der Waals surface area contributed by atoms with E-state index in [2.05, 4.69) is 76.2 Å². The maximum Gasteiger partial charge on any atom is 0.139 e. The third-order valence-corrected chi connectivity index (χ3v) is 6.30. The molecule has 0 saturated heterocycles. The number of anilines is 2. The van der Waals surface area contributed by atoms with E-state index < -0.39 is 0 Å². The molecule has 2 heterocycles. The SMILES string of the molecule is CCCN(Cc1ccccc1)[C@@H]1CC/C=C\CCN(CPC)c2ncnc(NC)c21. The van der Waals surface area contributed by atoms with Crippen molar-refractivity contribution < 1.29 is 0 Å². The monoisotopic (exact) mass is 425 g/mol. The first-order valence-corrected chi connectivity index (χ1v) is 12.8. The molecule has 5 nitrogen and oxygen atoms in total. The number of hydrogen-bond donors (Lipinski definition) is 1. The van der Waals surface area contributed by atoms with Gasteiger partial charge in [-0.15, -0.1) is 8.58 Å². The molecule has 1 N–H and O–H groups in total. The zero-order valence-electron chi connectivity index (χ0n) is 18.6. The minimum Gasteiger partial charge on any atom is -0.373 e. The molecule has 1 aromatic heterocycles. The molecule has 0 saturated carbocycles. The minimum absolute atomic E-state index is 0.272. The molecule has 1 aliphatic heterocycles. The second-order valence-corrected chi connectivity index (χ2v) is 8.82. The maximum absolute atomic E-state index is 4.83. The number of aromatic nitrogens is 2. The summed E-state index contributed by atoms with van der Waals surface area (Å²) in [4.78, 5) is 14.6. The Kier molecular flexibility index (Phi) is 9.10. The van der Waals surface area contributed by atoms with Crippen molar-refractivity contribution in [2.45, 2.75) is 45.2 Å². The molecule has 0 radical (unpaired) electrons. The molecule has 0 fully saturated rings. The number of rotatable bonds is 8. The van der Waals surface area contributed by atoms with Crippen LogP contribution in [0.3, 0.4) is 0 Å². The predicted molar refractivity (Wildman–Crippen MR) is 131 cm³/mol. The van der Waals surface area contributed by atoms with Crippen molar-refractivity contribution in [1.29, 1.82) is 0 Å². The number of nitrogens with zero attached hydrogens (tertiary/aromatic N) is 4. The fourth-order valence-corrected chi connectivity index (χ4v) is 4.96. The van der Waals surface area contributed by atoms with Crippen LogP contribution in [0.2, 0.25) is 0 Å². The molecule has 6 heteroatoms. The average Bonchev–Trinajstić information content (AvgIpc) is 2.78. The van der Waals surface area contributed by atoms with Gasteiger partial charge >= 0.3 is 0 Å². The minimum atomic E-state index is 0.272. The van der Waals surface area contributed by atoms with Gasteiger partial charge in [-0.2, -0.15) is 0 Å². The van der Waals surface area contributed by atoms with Gasteiger partial charge in [0, 0.05) is 32.5 Å². The first-order valence-electron chi connectivity index (χ1n) is 11.1. The van der Waals surface area contributed by atoms with Gasteiger partial charge in [-0.05, 0) is 44.5 Å². The van der Waals surface area contributed by atoms with E-state index in [-0.39, 0.29) is 6.04 Å². The van der Waals surface area contributed by atoms with E-state index in [4.69, 9.17) is 4.98 Å². The van der Waals surface area contributed by atoms with Crippen LogP contribution in [0, 0.1) is 0 Å². The van der Waals surface area contributed by atoms with Gasteiger partial charge in [0.25, 0.3) is 0 Å². The van der Waals surface area contributed by atoms with Crippen LogP contribution in [0.1, 0.15) is 49.8 Å². The van der Waals surface area contributed by atoms with Crippen molar-refractivity contribution in [3.63, 3.8) is 0 Å². The molecular formula is C24H36N5P. The largest absolute Gasteiger partial charge is 0.373 e. The Balaban J connectivity index is 2.07. The number of benzene rings is 1. The summed E-state index contributed by atoms with van der Waals surface area (Å²) in [5, 5.41) is 3.37. The fraction of sp³-hybridized carbons (Fsp3) is 0.500. The Morgan fingerprint density at radius 1 is 1.17 bits per heavy atom. The van der Waals surface area contributed by atoms with Crippen molar-refractivity contribution in [2.75, 3.05) is 43.3 Å². The van der Waals surface area contributed by atoms with Crippen molar-refractivity contribution in [2.24, 2.45) is 0 Å². The van der Waals surface area contributed by atoms with E-state index in [0.29, 0.717) is 0 Å². The molecule has 30 heavy (non-hydrogen) atoms. The molecule has 2 aromatic rings. The number of fused-ring (bicyclic) bond motifs is 1. The molecule has 162 valence electrons. The van der Waals surface area contributed by atoms with E-state index >= 15 is 0 Å². The smallest absolute Gasteiger partial charge is 0.139 e. The van der Waals surface area contributed by atoms with Crippen LogP contribution < -0.4 is 10.2 Å². The van der Waals surface area contributed by atoms with Crippen LogP contribution in [-0.4, -0.2) is 48.0 Å². The van der Waals surface area contributed by atoms with Gasteiger partial charge < -0.3 is 10.2 Å². The highest BCUT2D eigenvalue weighted by Gasteiger charge is 2.28. The molecule has 0 spiro atoms. The Labute approximate surface area is 183 Å². The number of hydrogen-bond acceptors (Lipinski definition) is 5. The Morgan fingerprint density at radius 3 is 2.70 bits per heavy atom. The van der Waals surface area contributed by atoms with Gasteiger partial charge in [0.1, 0.15) is 18.0 Å². The highest BCUT2D eigenvalue weighted by atomic mass is 31.1. The number of nitrogens with one attached hydrogen (secondary N) is 1. The second-order valence-electron chi connectivity index (χ2n) is 7.79. The molecule has 1 unspecified atom stereocenters. The summed E-state index contributed by atoms with van der Waals surface area (Å²) in [5.41, 5.74) is 2.62. The van der Waals surface area contributed by atoms with E-state index in [0.717, 1.165) is 71.8 Å². The van der Waals surface area contributed by atoms with Crippen molar-refractivity contribution in [3.05, 3.63) is 59.9 Å². The standard InChI is InChI=1S/C24H36N5P/c1-4-15-28(17-20-12-8-7-9-13-20)21-14-10-5-6-11-16-29(19-30-3)24-22(21)23(25-2)26-18-27-24/h5-9,12-13,18,21,30H,4,10-11,14-17,19H2,1-3H3,(H,25,26,27)/b6-5-/t21-/m1/s1. The van der Waals surface area contributed by atoms with Gasteiger partial charge in [0.2, 0.25) is 0 Å². The second kappa shape index (κ2) is 12.0. The first kappa shape index (κ1) is 22.7. The zero-order chi connectivity index (χ0) is 21.2. The fourth-order valence-electron chi connectivity index (χ4n) is 4.27. The van der Waals surface area contributed by atoms with Crippen LogP contribution in [0.5, 0.6) is 0 Å². The van der Waals surface area contributed by atoms with E-state index in [9.17, 15) is 0 Å². The molecule has 1 aliphatic rings. The quantitative estimate of drug-likeness (QED) is 0.460. The zero-order valence-corrected chi connectivity index (χ0v) is 19.6. The van der Waals surface area contributed by atoms with Crippen molar-refractivity contribution >= 4 is 20.2 Å². The summed E-state index contributed by atoms with van der Waals surface area (Å²) in [5.74, 6) is 2.08. The average molecular weight is 426 g/mol. The molecule has 0 bridgehead atoms. The van der Waals surface area contributed by atoms with Crippen LogP contribution in [-0.2, 0) is 6.54 Å². The van der Waals surface area contributed by atoms with E-state index in [1.807, 2.05) is 7.05 Å². The summed E-state index contributed by atoms with van der Waals surface area (Å²) in [6, 6.07) is 11.1. The summed E-state index contributed by atoms with van der Waals surface area (Å²) >= 11 is 0. The molecule has 2 atom stereocenters. The third kappa shape index (κ3) is 5.80.